The minimum absolute atomic E-state index is 0.240. The van der Waals surface area contributed by atoms with Gasteiger partial charge in [-0.1, -0.05) is 0 Å². The summed E-state index contributed by atoms with van der Waals surface area (Å²) in [6.45, 7) is 0. The van der Waals surface area contributed by atoms with Gasteiger partial charge < -0.3 is 10.4 Å². The number of carboxylic acid groups (broad SMARTS) is 1. The van der Waals surface area contributed by atoms with E-state index in [1.807, 2.05) is 0 Å². The molecular formula is C10H10N2O3. The molecule has 1 aromatic heterocycles. The number of pyridine rings is 1. The lowest BCUT2D eigenvalue weighted by molar-refractivity contribution is -0.139. The fraction of sp³-hybridized carbons (Fsp3) is 0.300. The molecule has 2 atom stereocenters. The van der Waals surface area contributed by atoms with Crippen LogP contribution in [0.3, 0.4) is 0 Å². The lowest BCUT2D eigenvalue weighted by atomic mass is 10.3. The van der Waals surface area contributed by atoms with Gasteiger partial charge in [-0.2, -0.15) is 0 Å². The molecule has 5 nitrogen and oxygen atoms in total. The number of hydrogen-bond donors (Lipinski definition) is 2. The van der Waals surface area contributed by atoms with Crippen LogP contribution < -0.4 is 5.32 Å². The standard InChI is InChI=1S/C10H10N2O3/c13-9(7-4-8(7)10(14)15)12-6-2-1-3-11-5-6/h1-3,5,7-8H,4H2,(H,12,13)(H,14,15)/t7-,8-/m1/s1. The molecule has 1 aliphatic rings. The largest absolute Gasteiger partial charge is 0.481 e. The van der Waals surface area contributed by atoms with Crippen molar-refractivity contribution in [1.82, 2.24) is 4.98 Å². The zero-order chi connectivity index (χ0) is 10.8. The summed E-state index contributed by atoms with van der Waals surface area (Å²) in [5.41, 5.74) is 0.596. The second-order valence-corrected chi connectivity index (χ2v) is 3.52. The summed E-state index contributed by atoms with van der Waals surface area (Å²) in [5, 5.41) is 11.3. The highest BCUT2D eigenvalue weighted by Gasteiger charge is 2.48. The second-order valence-electron chi connectivity index (χ2n) is 3.52. The molecule has 0 radical (unpaired) electrons. The van der Waals surface area contributed by atoms with Crippen LogP contribution in [0.2, 0.25) is 0 Å². The van der Waals surface area contributed by atoms with Gasteiger partial charge in [0.2, 0.25) is 5.91 Å². The highest BCUT2D eigenvalue weighted by Crippen LogP contribution is 2.39. The Labute approximate surface area is 86.1 Å². The van der Waals surface area contributed by atoms with Gasteiger partial charge in [0, 0.05) is 6.20 Å². The average molecular weight is 206 g/mol. The number of anilines is 1. The summed E-state index contributed by atoms with van der Waals surface area (Å²) >= 11 is 0. The topological polar surface area (TPSA) is 79.3 Å². The lowest BCUT2D eigenvalue weighted by Gasteiger charge is -2.02. The van der Waals surface area contributed by atoms with E-state index in [1.165, 1.54) is 6.20 Å². The van der Waals surface area contributed by atoms with Gasteiger partial charge in [0.15, 0.2) is 0 Å². The summed E-state index contributed by atoms with van der Waals surface area (Å²) in [5.74, 6) is -2.04. The zero-order valence-corrected chi connectivity index (χ0v) is 7.88. The van der Waals surface area contributed by atoms with E-state index >= 15 is 0 Å². The maximum atomic E-state index is 11.5. The number of aromatic nitrogens is 1. The van der Waals surface area contributed by atoms with Crippen molar-refractivity contribution >= 4 is 17.6 Å². The molecule has 0 aromatic carbocycles. The second kappa shape index (κ2) is 3.68. The van der Waals surface area contributed by atoms with Crippen molar-refractivity contribution < 1.29 is 14.7 Å². The van der Waals surface area contributed by atoms with Crippen LogP contribution in [0.15, 0.2) is 24.5 Å². The predicted octanol–water partition coefficient (Wildman–Crippen LogP) is 0.741. The Bertz CT molecular complexity index is 391. The highest BCUT2D eigenvalue weighted by molar-refractivity contribution is 5.98. The van der Waals surface area contributed by atoms with Crippen molar-refractivity contribution in [2.24, 2.45) is 11.8 Å². The van der Waals surface area contributed by atoms with E-state index in [4.69, 9.17) is 5.11 Å². The molecule has 0 saturated heterocycles. The van der Waals surface area contributed by atoms with Gasteiger partial charge in [0.1, 0.15) is 0 Å². The monoisotopic (exact) mass is 206 g/mol. The molecule has 0 spiro atoms. The van der Waals surface area contributed by atoms with Crippen LogP contribution >= 0.6 is 0 Å². The molecule has 0 aliphatic heterocycles. The van der Waals surface area contributed by atoms with Crippen molar-refractivity contribution in [2.75, 3.05) is 5.32 Å². The number of nitrogens with zero attached hydrogens (tertiary/aromatic N) is 1. The number of carbonyl (C=O) groups excluding carboxylic acids is 1. The molecule has 2 N–H and O–H groups in total. The average Bonchev–Trinajstić information content (AvgIpc) is 2.98. The first-order valence-electron chi connectivity index (χ1n) is 4.62. The van der Waals surface area contributed by atoms with Crippen LogP contribution in [0.1, 0.15) is 6.42 Å². The number of rotatable bonds is 3. The van der Waals surface area contributed by atoms with E-state index in [0.717, 1.165) is 0 Å². The molecule has 1 amide bonds. The molecule has 1 fully saturated rings. The summed E-state index contributed by atoms with van der Waals surface area (Å²) < 4.78 is 0. The van der Waals surface area contributed by atoms with Gasteiger partial charge in [-0.05, 0) is 18.6 Å². The van der Waals surface area contributed by atoms with Gasteiger partial charge in [0.25, 0.3) is 0 Å². The van der Waals surface area contributed by atoms with Crippen molar-refractivity contribution in [3.63, 3.8) is 0 Å². The quantitative estimate of drug-likeness (QED) is 0.764. The van der Waals surface area contributed by atoms with Crippen LogP contribution in [-0.2, 0) is 9.59 Å². The summed E-state index contributed by atoms with van der Waals surface area (Å²) in [7, 11) is 0. The van der Waals surface area contributed by atoms with Crippen molar-refractivity contribution in [2.45, 2.75) is 6.42 Å². The van der Waals surface area contributed by atoms with Crippen molar-refractivity contribution in [3.05, 3.63) is 24.5 Å². The van der Waals surface area contributed by atoms with Gasteiger partial charge in [-0.15, -0.1) is 0 Å². The molecule has 78 valence electrons. The predicted molar refractivity (Wildman–Crippen MR) is 52.1 cm³/mol. The third-order valence-electron chi connectivity index (χ3n) is 2.37. The number of aliphatic carboxylic acids is 1. The van der Waals surface area contributed by atoms with E-state index in [9.17, 15) is 9.59 Å². The lowest BCUT2D eigenvalue weighted by Crippen LogP contribution is -2.16. The number of carbonyl (C=O) groups is 2. The van der Waals surface area contributed by atoms with Crippen LogP contribution in [-0.4, -0.2) is 22.0 Å². The molecule has 1 heterocycles. The minimum atomic E-state index is -0.902. The summed E-state index contributed by atoms with van der Waals surface area (Å²) in [6, 6.07) is 3.42. The van der Waals surface area contributed by atoms with Crippen LogP contribution in [0.4, 0.5) is 5.69 Å². The van der Waals surface area contributed by atoms with Crippen LogP contribution in [0.25, 0.3) is 0 Å². The molecule has 1 saturated carbocycles. The van der Waals surface area contributed by atoms with Crippen LogP contribution in [0, 0.1) is 11.8 Å². The Morgan fingerprint density at radius 1 is 1.47 bits per heavy atom. The molecule has 15 heavy (non-hydrogen) atoms. The van der Waals surface area contributed by atoms with Crippen molar-refractivity contribution in [1.29, 1.82) is 0 Å². The maximum absolute atomic E-state index is 11.5. The Morgan fingerprint density at radius 3 is 2.80 bits per heavy atom. The zero-order valence-electron chi connectivity index (χ0n) is 7.88. The smallest absolute Gasteiger partial charge is 0.307 e. The first-order chi connectivity index (χ1) is 7.18. The van der Waals surface area contributed by atoms with E-state index in [0.29, 0.717) is 12.1 Å². The van der Waals surface area contributed by atoms with E-state index in [2.05, 4.69) is 10.3 Å². The van der Waals surface area contributed by atoms with Gasteiger partial charge in [-0.25, -0.2) is 0 Å². The molecule has 1 aliphatic carbocycles. The Morgan fingerprint density at radius 2 is 2.27 bits per heavy atom. The van der Waals surface area contributed by atoms with Crippen molar-refractivity contribution in [3.8, 4) is 0 Å². The first-order valence-corrected chi connectivity index (χ1v) is 4.62. The number of hydrogen-bond acceptors (Lipinski definition) is 3. The number of nitrogens with one attached hydrogen (secondary N) is 1. The number of amides is 1. The number of carboxylic acids is 1. The third-order valence-corrected chi connectivity index (χ3v) is 2.37. The Hall–Kier alpha value is -1.91. The minimum Gasteiger partial charge on any atom is -0.481 e. The normalized spacial score (nSPS) is 23.2. The molecule has 1 aromatic rings. The van der Waals surface area contributed by atoms with Gasteiger partial charge in [0.05, 0.1) is 23.7 Å². The van der Waals surface area contributed by atoms with Gasteiger partial charge >= 0.3 is 5.97 Å². The third kappa shape index (κ3) is 2.12. The Kier molecular flexibility index (Phi) is 2.37. The summed E-state index contributed by atoms with van der Waals surface area (Å²) in [4.78, 5) is 25.9. The molecule has 0 unspecified atom stereocenters. The fourth-order valence-corrected chi connectivity index (χ4v) is 1.43. The van der Waals surface area contributed by atoms with E-state index < -0.39 is 11.9 Å². The SMILES string of the molecule is O=C(O)[C@@H]1C[C@H]1C(=O)Nc1cccnc1. The molecule has 0 bridgehead atoms. The molecule has 2 rings (SSSR count). The highest BCUT2D eigenvalue weighted by atomic mass is 16.4. The van der Waals surface area contributed by atoms with E-state index in [-0.39, 0.29) is 11.8 Å². The maximum Gasteiger partial charge on any atom is 0.307 e. The van der Waals surface area contributed by atoms with Crippen LogP contribution in [0.5, 0.6) is 0 Å². The first kappa shape index (κ1) is 9.64. The molecular weight excluding hydrogens is 196 g/mol. The fourth-order valence-electron chi connectivity index (χ4n) is 1.43. The van der Waals surface area contributed by atoms with Gasteiger partial charge in [-0.3, -0.25) is 14.6 Å². The Balaban J connectivity index is 1.92. The molecule has 5 heteroatoms. The van der Waals surface area contributed by atoms with E-state index in [1.54, 1.807) is 18.3 Å². The summed E-state index contributed by atoms with van der Waals surface area (Å²) in [6.07, 6.45) is 3.56.